The summed E-state index contributed by atoms with van der Waals surface area (Å²) in [6.45, 7) is 3.97. The van der Waals surface area contributed by atoms with Crippen LogP contribution in [0.1, 0.15) is 18.2 Å². The lowest BCUT2D eigenvalue weighted by atomic mass is 10.1. The van der Waals surface area contributed by atoms with Crippen molar-refractivity contribution in [3.8, 4) is 11.5 Å². The standard InChI is InChI=1S/C11H14N6/c1-3-8-7(2)15-11(16-10(8)17-12)9-6-13-4-5-14-9/h4-6H,3,12H2,1-2H3,(H,15,16,17). The van der Waals surface area contributed by atoms with Crippen molar-refractivity contribution in [3.63, 3.8) is 0 Å². The van der Waals surface area contributed by atoms with E-state index in [1.54, 1.807) is 18.6 Å². The van der Waals surface area contributed by atoms with E-state index in [9.17, 15) is 0 Å². The van der Waals surface area contributed by atoms with E-state index in [0.29, 0.717) is 17.3 Å². The van der Waals surface area contributed by atoms with Gasteiger partial charge in [-0.25, -0.2) is 20.8 Å². The normalized spacial score (nSPS) is 10.3. The van der Waals surface area contributed by atoms with E-state index in [1.165, 1.54) is 0 Å². The molecule has 0 fully saturated rings. The summed E-state index contributed by atoms with van der Waals surface area (Å²) in [5.74, 6) is 6.63. The van der Waals surface area contributed by atoms with Crippen LogP contribution in [0.3, 0.4) is 0 Å². The van der Waals surface area contributed by atoms with Crippen LogP contribution < -0.4 is 11.3 Å². The molecule has 3 N–H and O–H groups in total. The fraction of sp³-hybridized carbons (Fsp3) is 0.273. The lowest BCUT2D eigenvalue weighted by Crippen LogP contribution is -2.13. The van der Waals surface area contributed by atoms with E-state index in [1.807, 2.05) is 13.8 Å². The molecule has 0 bridgehead atoms. The number of nitrogens with zero attached hydrogens (tertiary/aromatic N) is 4. The topological polar surface area (TPSA) is 89.6 Å². The molecule has 2 rings (SSSR count). The Bertz CT molecular complexity index is 511. The average Bonchev–Trinajstić information content (AvgIpc) is 2.38. The highest BCUT2D eigenvalue weighted by Crippen LogP contribution is 2.20. The van der Waals surface area contributed by atoms with Gasteiger partial charge in [-0.05, 0) is 13.3 Å². The predicted molar refractivity (Wildman–Crippen MR) is 65.0 cm³/mol. The van der Waals surface area contributed by atoms with Crippen molar-refractivity contribution in [3.05, 3.63) is 29.8 Å². The first-order valence-corrected chi connectivity index (χ1v) is 5.36. The van der Waals surface area contributed by atoms with Crippen LogP contribution in [0, 0.1) is 6.92 Å². The molecule has 0 radical (unpaired) electrons. The Morgan fingerprint density at radius 1 is 1.29 bits per heavy atom. The first kappa shape index (κ1) is 11.4. The van der Waals surface area contributed by atoms with Gasteiger partial charge < -0.3 is 5.43 Å². The van der Waals surface area contributed by atoms with Crippen molar-refractivity contribution < 1.29 is 0 Å². The van der Waals surface area contributed by atoms with Gasteiger partial charge in [0.15, 0.2) is 5.82 Å². The van der Waals surface area contributed by atoms with Gasteiger partial charge in [0.05, 0.1) is 6.20 Å². The lowest BCUT2D eigenvalue weighted by Gasteiger charge is -2.10. The van der Waals surface area contributed by atoms with Gasteiger partial charge in [-0.1, -0.05) is 6.92 Å². The summed E-state index contributed by atoms with van der Waals surface area (Å²) in [4.78, 5) is 16.9. The highest BCUT2D eigenvalue weighted by atomic mass is 15.3. The van der Waals surface area contributed by atoms with Gasteiger partial charge >= 0.3 is 0 Å². The third kappa shape index (κ3) is 2.21. The molecule has 0 aliphatic rings. The number of rotatable bonds is 3. The first-order valence-electron chi connectivity index (χ1n) is 5.36. The van der Waals surface area contributed by atoms with Crippen molar-refractivity contribution in [1.82, 2.24) is 19.9 Å². The molecular formula is C11H14N6. The number of nitrogens with one attached hydrogen (secondary N) is 1. The third-order valence-electron chi connectivity index (χ3n) is 2.50. The second-order valence-corrected chi connectivity index (χ2v) is 3.55. The van der Waals surface area contributed by atoms with E-state index < -0.39 is 0 Å². The molecule has 2 aromatic rings. The number of hydrogen-bond donors (Lipinski definition) is 2. The molecular weight excluding hydrogens is 216 g/mol. The van der Waals surface area contributed by atoms with Gasteiger partial charge in [-0.2, -0.15) is 0 Å². The van der Waals surface area contributed by atoms with E-state index >= 15 is 0 Å². The zero-order chi connectivity index (χ0) is 12.3. The molecule has 6 heteroatoms. The molecule has 6 nitrogen and oxygen atoms in total. The zero-order valence-corrected chi connectivity index (χ0v) is 9.81. The molecule has 2 heterocycles. The SMILES string of the molecule is CCc1c(C)nc(-c2cnccn2)nc1NN. The molecule has 2 aromatic heterocycles. The van der Waals surface area contributed by atoms with Crippen molar-refractivity contribution in [2.45, 2.75) is 20.3 Å². The molecule has 0 atom stereocenters. The number of anilines is 1. The quantitative estimate of drug-likeness (QED) is 0.606. The molecule has 0 amide bonds. The maximum Gasteiger partial charge on any atom is 0.182 e. The predicted octanol–water partition coefficient (Wildman–Crippen LogP) is 1.09. The third-order valence-corrected chi connectivity index (χ3v) is 2.50. The lowest BCUT2D eigenvalue weighted by molar-refractivity contribution is 0.985. The summed E-state index contributed by atoms with van der Waals surface area (Å²) < 4.78 is 0. The van der Waals surface area contributed by atoms with Crippen molar-refractivity contribution in [2.24, 2.45) is 5.84 Å². The van der Waals surface area contributed by atoms with Gasteiger partial charge in [-0.3, -0.25) is 4.98 Å². The molecule has 0 aromatic carbocycles. The van der Waals surface area contributed by atoms with Crippen LogP contribution in [-0.4, -0.2) is 19.9 Å². The van der Waals surface area contributed by atoms with Crippen LogP contribution in [0.15, 0.2) is 18.6 Å². The summed E-state index contributed by atoms with van der Waals surface area (Å²) in [7, 11) is 0. The van der Waals surface area contributed by atoms with Gasteiger partial charge in [0.1, 0.15) is 11.5 Å². The van der Waals surface area contributed by atoms with Crippen molar-refractivity contribution in [1.29, 1.82) is 0 Å². The van der Waals surface area contributed by atoms with Gasteiger partial charge in [0, 0.05) is 23.7 Å². The molecule has 0 unspecified atom stereocenters. The number of nitrogens with two attached hydrogens (primary N) is 1. The second-order valence-electron chi connectivity index (χ2n) is 3.55. The molecule has 0 aliphatic heterocycles. The van der Waals surface area contributed by atoms with Crippen LogP contribution in [0.25, 0.3) is 11.5 Å². The number of aryl methyl sites for hydroxylation is 1. The smallest absolute Gasteiger partial charge is 0.182 e. The average molecular weight is 230 g/mol. The minimum atomic E-state index is 0.528. The fourth-order valence-corrected chi connectivity index (χ4v) is 1.67. The Kier molecular flexibility index (Phi) is 3.24. The van der Waals surface area contributed by atoms with Crippen molar-refractivity contribution >= 4 is 5.82 Å². The molecule has 17 heavy (non-hydrogen) atoms. The molecule has 88 valence electrons. The Hall–Kier alpha value is -2.08. The fourth-order valence-electron chi connectivity index (χ4n) is 1.67. The van der Waals surface area contributed by atoms with Gasteiger partial charge in [0.2, 0.25) is 0 Å². The number of nitrogen functional groups attached to an aromatic ring is 1. The highest BCUT2D eigenvalue weighted by molar-refractivity contribution is 5.55. The van der Waals surface area contributed by atoms with Crippen LogP contribution in [0.5, 0.6) is 0 Å². The number of hydrogen-bond acceptors (Lipinski definition) is 6. The highest BCUT2D eigenvalue weighted by Gasteiger charge is 2.11. The Labute approximate surface area is 99.3 Å². The molecule has 0 saturated carbocycles. The van der Waals surface area contributed by atoms with E-state index in [2.05, 4.69) is 25.4 Å². The monoisotopic (exact) mass is 230 g/mol. The summed E-state index contributed by atoms with van der Waals surface area (Å²) in [5.41, 5.74) is 5.15. The van der Waals surface area contributed by atoms with Crippen LogP contribution in [-0.2, 0) is 6.42 Å². The molecule has 0 aliphatic carbocycles. The number of hydrazine groups is 1. The van der Waals surface area contributed by atoms with Crippen LogP contribution in [0.2, 0.25) is 0 Å². The van der Waals surface area contributed by atoms with Crippen LogP contribution >= 0.6 is 0 Å². The zero-order valence-electron chi connectivity index (χ0n) is 9.81. The second kappa shape index (κ2) is 4.84. The van der Waals surface area contributed by atoms with Crippen molar-refractivity contribution in [2.75, 3.05) is 5.43 Å². The van der Waals surface area contributed by atoms with E-state index in [4.69, 9.17) is 5.84 Å². The molecule has 0 saturated heterocycles. The van der Waals surface area contributed by atoms with E-state index in [0.717, 1.165) is 17.7 Å². The maximum absolute atomic E-state index is 5.47. The summed E-state index contributed by atoms with van der Waals surface area (Å²) in [6.07, 6.45) is 5.67. The van der Waals surface area contributed by atoms with Gasteiger partial charge in [0.25, 0.3) is 0 Å². The minimum absolute atomic E-state index is 0.528. The number of aromatic nitrogens is 4. The Morgan fingerprint density at radius 2 is 2.12 bits per heavy atom. The summed E-state index contributed by atoms with van der Waals surface area (Å²) in [6, 6.07) is 0. The minimum Gasteiger partial charge on any atom is -0.308 e. The Morgan fingerprint density at radius 3 is 2.71 bits per heavy atom. The van der Waals surface area contributed by atoms with Crippen LogP contribution in [0.4, 0.5) is 5.82 Å². The largest absolute Gasteiger partial charge is 0.308 e. The maximum atomic E-state index is 5.47. The van der Waals surface area contributed by atoms with E-state index in [-0.39, 0.29) is 0 Å². The first-order chi connectivity index (χ1) is 8.26. The summed E-state index contributed by atoms with van der Waals surface area (Å²) in [5, 5.41) is 0. The molecule has 0 spiro atoms. The summed E-state index contributed by atoms with van der Waals surface area (Å²) >= 11 is 0. The van der Waals surface area contributed by atoms with Gasteiger partial charge in [-0.15, -0.1) is 0 Å². The Balaban J connectivity index is 2.54.